The lowest BCUT2D eigenvalue weighted by molar-refractivity contribution is 0.559. The molecule has 0 amide bonds. The first kappa shape index (κ1) is 10.4. The molecule has 1 aromatic heterocycles. The lowest BCUT2D eigenvalue weighted by Crippen LogP contribution is -1.98. The third kappa shape index (κ3) is 2.61. The van der Waals surface area contributed by atoms with Crippen LogP contribution >= 0.6 is 0 Å². The van der Waals surface area contributed by atoms with Crippen molar-refractivity contribution in [3.63, 3.8) is 0 Å². The Morgan fingerprint density at radius 3 is 2.23 bits per heavy atom. The number of nitrogens with one attached hydrogen (secondary N) is 1. The largest absolute Gasteiger partial charge is 0.365 e. The van der Waals surface area contributed by atoms with Gasteiger partial charge in [-0.05, 0) is 37.3 Å². The molecule has 0 aliphatic rings. The molecule has 0 aromatic carbocycles. The summed E-state index contributed by atoms with van der Waals surface area (Å²) in [6.45, 7) is 6.71. The molecule has 1 nitrogen and oxygen atoms in total. The molecule has 0 saturated carbocycles. The molecular weight excluding hydrogens is 158 g/mol. The second kappa shape index (κ2) is 5.11. The van der Waals surface area contributed by atoms with Crippen LogP contribution < -0.4 is 0 Å². The first-order valence-corrected chi connectivity index (χ1v) is 5.43. The first-order chi connectivity index (χ1) is 6.29. The molecular formula is C12H21N. The summed E-state index contributed by atoms with van der Waals surface area (Å²) in [4.78, 5) is 3.27. The fourth-order valence-electron chi connectivity index (χ4n) is 2.06. The minimum atomic E-state index is 0.779. The van der Waals surface area contributed by atoms with Gasteiger partial charge in [0.15, 0.2) is 0 Å². The van der Waals surface area contributed by atoms with E-state index in [9.17, 15) is 0 Å². The number of aryl methyl sites for hydroxylation is 1. The van der Waals surface area contributed by atoms with Gasteiger partial charge in [0.1, 0.15) is 0 Å². The average molecular weight is 179 g/mol. The van der Waals surface area contributed by atoms with Gasteiger partial charge >= 0.3 is 0 Å². The molecule has 0 aliphatic carbocycles. The van der Waals surface area contributed by atoms with E-state index in [1.165, 1.54) is 36.9 Å². The van der Waals surface area contributed by atoms with Crippen LogP contribution in [0.15, 0.2) is 12.3 Å². The Morgan fingerprint density at radius 1 is 1.23 bits per heavy atom. The van der Waals surface area contributed by atoms with Crippen molar-refractivity contribution < 1.29 is 0 Å². The van der Waals surface area contributed by atoms with Crippen LogP contribution in [0.5, 0.6) is 0 Å². The zero-order valence-corrected chi connectivity index (χ0v) is 9.06. The first-order valence-electron chi connectivity index (χ1n) is 5.43. The van der Waals surface area contributed by atoms with Crippen LogP contribution in [0, 0.1) is 6.92 Å². The van der Waals surface area contributed by atoms with Gasteiger partial charge in [0.25, 0.3) is 0 Å². The molecule has 0 aliphatic heterocycles. The van der Waals surface area contributed by atoms with Crippen molar-refractivity contribution in [2.75, 3.05) is 0 Å². The van der Waals surface area contributed by atoms with E-state index in [2.05, 4.69) is 38.0 Å². The Kier molecular flexibility index (Phi) is 4.07. The second-order valence-corrected chi connectivity index (χ2v) is 3.83. The van der Waals surface area contributed by atoms with Gasteiger partial charge in [-0.15, -0.1) is 0 Å². The highest BCUT2D eigenvalue weighted by molar-refractivity contribution is 5.23. The van der Waals surface area contributed by atoms with Gasteiger partial charge in [0, 0.05) is 11.9 Å². The van der Waals surface area contributed by atoms with Gasteiger partial charge in [0.05, 0.1) is 0 Å². The molecule has 1 heterocycles. The molecule has 0 fully saturated rings. The van der Waals surface area contributed by atoms with E-state index in [1.807, 2.05) is 0 Å². The van der Waals surface area contributed by atoms with Crippen molar-refractivity contribution >= 4 is 0 Å². The van der Waals surface area contributed by atoms with Crippen molar-refractivity contribution in [1.82, 2.24) is 4.98 Å². The smallest absolute Gasteiger partial charge is 0.0150 e. The summed E-state index contributed by atoms with van der Waals surface area (Å²) < 4.78 is 0. The van der Waals surface area contributed by atoms with Crippen LogP contribution in [0.25, 0.3) is 0 Å². The molecule has 0 saturated heterocycles. The maximum absolute atomic E-state index is 3.27. The van der Waals surface area contributed by atoms with Crippen molar-refractivity contribution in [1.29, 1.82) is 0 Å². The Balaban J connectivity index is 2.69. The highest BCUT2D eigenvalue weighted by Gasteiger charge is 2.12. The van der Waals surface area contributed by atoms with Gasteiger partial charge in [0.2, 0.25) is 0 Å². The second-order valence-electron chi connectivity index (χ2n) is 3.83. The maximum atomic E-state index is 3.27. The molecule has 0 bridgehead atoms. The third-order valence-corrected chi connectivity index (χ3v) is 2.71. The summed E-state index contributed by atoms with van der Waals surface area (Å²) in [5, 5.41) is 0. The Hall–Kier alpha value is -0.720. The minimum absolute atomic E-state index is 0.779. The lowest BCUT2D eigenvalue weighted by atomic mass is 9.91. The number of hydrogen-bond acceptors (Lipinski definition) is 0. The third-order valence-electron chi connectivity index (χ3n) is 2.71. The van der Waals surface area contributed by atoms with Gasteiger partial charge in [-0.1, -0.05) is 26.7 Å². The van der Waals surface area contributed by atoms with Crippen LogP contribution in [0.4, 0.5) is 0 Å². The van der Waals surface area contributed by atoms with E-state index in [1.54, 1.807) is 0 Å². The van der Waals surface area contributed by atoms with E-state index >= 15 is 0 Å². The molecule has 1 heteroatoms. The van der Waals surface area contributed by atoms with Crippen LogP contribution in [0.3, 0.4) is 0 Å². The zero-order chi connectivity index (χ0) is 9.68. The summed E-state index contributed by atoms with van der Waals surface area (Å²) in [5.74, 6) is 0.779. The van der Waals surface area contributed by atoms with Gasteiger partial charge in [-0.2, -0.15) is 0 Å². The Bertz CT molecular complexity index is 231. The summed E-state index contributed by atoms with van der Waals surface area (Å²) >= 11 is 0. The molecule has 1 N–H and O–H groups in total. The van der Waals surface area contributed by atoms with Crippen molar-refractivity contribution in [2.45, 2.75) is 52.4 Å². The molecule has 74 valence electrons. The van der Waals surface area contributed by atoms with Crippen LogP contribution in [-0.2, 0) is 0 Å². The standard InChI is InChI=1S/C12H21N/c1-4-6-11(7-5-2)12-8-9-13-10(12)3/h8-9,11,13H,4-7H2,1-3H3. The fraction of sp³-hybridized carbons (Fsp3) is 0.667. The topological polar surface area (TPSA) is 15.8 Å². The monoisotopic (exact) mass is 179 g/mol. The summed E-state index contributed by atoms with van der Waals surface area (Å²) in [5.41, 5.74) is 2.88. The van der Waals surface area contributed by atoms with E-state index in [-0.39, 0.29) is 0 Å². The number of aromatic amines is 1. The van der Waals surface area contributed by atoms with Crippen molar-refractivity contribution in [3.8, 4) is 0 Å². The van der Waals surface area contributed by atoms with Gasteiger partial charge in [-0.25, -0.2) is 0 Å². The molecule has 0 unspecified atom stereocenters. The molecule has 1 rings (SSSR count). The quantitative estimate of drug-likeness (QED) is 0.703. The molecule has 13 heavy (non-hydrogen) atoms. The Morgan fingerprint density at radius 2 is 1.85 bits per heavy atom. The van der Waals surface area contributed by atoms with Crippen LogP contribution in [-0.4, -0.2) is 4.98 Å². The van der Waals surface area contributed by atoms with Gasteiger partial charge in [-0.3, -0.25) is 0 Å². The maximum Gasteiger partial charge on any atom is 0.0150 e. The van der Waals surface area contributed by atoms with Gasteiger partial charge < -0.3 is 4.98 Å². The normalized spacial score (nSPS) is 11.1. The molecule has 0 atom stereocenters. The zero-order valence-electron chi connectivity index (χ0n) is 9.06. The number of aromatic nitrogens is 1. The summed E-state index contributed by atoms with van der Waals surface area (Å²) in [6, 6.07) is 2.24. The van der Waals surface area contributed by atoms with E-state index in [0.717, 1.165) is 5.92 Å². The fourth-order valence-corrected chi connectivity index (χ4v) is 2.06. The van der Waals surface area contributed by atoms with Crippen molar-refractivity contribution in [2.24, 2.45) is 0 Å². The summed E-state index contributed by atoms with van der Waals surface area (Å²) in [7, 11) is 0. The highest BCUT2D eigenvalue weighted by Crippen LogP contribution is 2.28. The summed E-state index contributed by atoms with van der Waals surface area (Å²) in [6.07, 6.45) is 7.28. The lowest BCUT2D eigenvalue weighted by Gasteiger charge is -2.14. The SMILES string of the molecule is CCCC(CCC)c1cc[nH]c1C. The number of hydrogen-bond donors (Lipinski definition) is 1. The van der Waals surface area contributed by atoms with E-state index in [0.29, 0.717) is 0 Å². The predicted octanol–water partition coefficient (Wildman–Crippen LogP) is 4.01. The molecule has 1 aromatic rings. The molecule has 0 spiro atoms. The van der Waals surface area contributed by atoms with Crippen LogP contribution in [0.2, 0.25) is 0 Å². The number of rotatable bonds is 5. The predicted molar refractivity (Wildman–Crippen MR) is 58.1 cm³/mol. The van der Waals surface area contributed by atoms with Crippen LogP contribution in [0.1, 0.15) is 56.7 Å². The van der Waals surface area contributed by atoms with E-state index in [4.69, 9.17) is 0 Å². The van der Waals surface area contributed by atoms with Crippen molar-refractivity contribution in [3.05, 3.63) is 23.5 Å². The molecule has 0 radical (unpaired) electrons. The number of H-pyrrole nitrogens is 1. The Labute approximate surface area is 81.6 Å². The highest BCUT2D eigenvalue weighted by atomic mass is 14.7. The van der Waals surface area contributed by atoms with E-state index < -0.39 is 0 Å². The minimum Gasteiger partial charge on any atom is -0.365 e. The average Bonchev–Trinajstić information content (AvgIpc) is 2.51.